The lowest BCUT2D eigenvalue weighted by atomic mass is 10.1. The zero-order valence-electron chi connectivity index (χ0n) is 14.6. The molecule has 0 spiro atoms. The number of aromatic nitrogens is 5. The van der Waals surface area contributed by atoms with E-state index in [0.717, 1.165) is 5.69 Å². The topological polar surface area (TPSA) is 80.1 Å². The molecular formula is C18H16F2N6O. The van der Waals surface area contributed by atoms with Gasteiger partial charge in [0, 0.05) is 24.9 Å². The van der Waals surface area contributed by atoms with Crippen molar-refractivity contribution in [3.05, 3.63) is 71.3 Å². The Balaban J connectivity index is 1.81. The minimum Gasteiger partial charge on any atom is -0.369 e. The first-order valence-corrected chi connectivity index (χ1v) is 8.16. The highest BCUT2D eigenvalue weighted by Crippen LogP contribution is 2.27. The van der Waals surface area contributed by atoms with E-state index in [1.807, 2.05) is 6.92 Å². The van der Waals surface area contributed by atoms with Crippen LogP contribution in [0, 0.1) is 18.6 Å². The molecule has 138 valence electrons. The molecule has 0 radical (unpaired) electrons. The summed E-state index contributed by atoms with van der Waals surface area (Å²) in [4.78, 5) is 4.51. The van der Waals surface area contributed by atoms with Gasteiger partial charge in [-0.1, -0.05) is 12.1 Å². The van der Waals surface area contributed by atoms with Crippen LogP contribution in [0.2, 0.25) is 0 Å². The van der Waals surface area contributed by atoms with Crippen molar-refractivity contribution in [2.45, 2.75) is 13.0 Å². The Kier molecular flexibility index (Phi) is 4.28. The summed E-state index contributed by atoms with van der Waals surface area (Å²) >= 11 is 0. The second-order valence-corrected chi connectivity index (χ2v) is 6.04. The van der Waals surface area contributed by atoms with Crippen LogP contribution in [0.3, 0.4) is 0 Å². The van der Waals surface area contributed by atoms with Crippen LogP contribution in [0.25, 0.3) is 5.52 Å². The molecule has 0 aliphatic heterocycles. The molecule has 2 N–H and O–H groups in total. The summed E-state index contributed by atoms with van der Waals surface area (Å²) in [6, 6.07) is 8.98. The van der Waals surface area contributed by atoms with E-state index in [0.29, 0.717) is 28.5 Å². The quantitative estimate of drug-likeness (QED) is 0.562. The van der Waals surface area contributed by atoms with Crippen molar-refractivity contribution in [2.24, 2.45) is 0 Å². The van der Waals surface area contributed by atoms with Gasteiger partial charge in [0.1, 0.15) is 23.3 Å². The Bertz CT molecular complexity index is 1090. The van der Waals surface area contributed by atoms with Crippen molar-refractivity contribution in [3.63, 3.8) is 0 Å². The number of nitrogens with one attached hydrogen (secondary N) is 2. The van der Waals surface area contributed by atoms with Crippen LogP contribution in [0.5, 0.6) is 0 Å². The molecule has 4 aromatic rings. The van der Waals surface area contributed by atoms with Crippen molar-refractivity contribution in [1.82, 2.24) is 24.8 Å². The van der Waals surface area contributed by atoms with Crippen LogP contribution in [0.1, 0.15) is 23.2 Å². The zero-order valence-corrected chi connectivity index (χ0v) is 14.6. The van der Waals surface area contributed by atoms with E-state index in [1.54, 1.807) is 18.2 Å². The number of aromatic amines is 1. The maximum Gasteiger partial charge on any atom is 0.184 e. The third-order valence-corrected chi connectivity index (χ3v) is 4.04. The van der Waals surface area contributed by atoms with Gasteiger partial charge < -0.3 is 10.1 Å². The molecule has 0 saturated heterocycles. The van der Waals surface area contributed by atoms with Crippen molar-refractivity contribution in [1.29, 1.82) is 0 Å². The number of hydrogen-bond donors (Lipinski definition) is 2. The third-order valence-electron chi connectivity index (χ3n) is 4.04. The highest BCUT2D eigenvalue weighted by atomic mass is 19.1. The van der Waals surface area contributed by atoms with Gasteiger partial charge in [-0.2, -0.15) is 5.10 Å². The van der Waals surface area contributed by atoms with E-state index in [4.69, 9.17) is 4.74 Å². The summed E-state index contributed by atoms with van der Waals surface area (Å²) in [5.41, 5.74) is 1.99. The SMILES string of the molecule is COC(c1ccc(F)cc1)c1nc(Nc2cc(C)[nH]n2)c2cc(F)cn2n1. The van der Waals surface area contributed by atoms with Crippen LogP contribution in [-0.4, -0.2) is 31.9 Å². The molecule has 0 bridgehead atoms. The van der Waals surface area contributed by atoms with E-state index in [9.17, 15) is 8.78 Å². The Morgan fingerprint density at radius 1 is 1.15 bits per heavy atom. The first kappa shape index (κ1) is 17.1. The highest BCUT2D eigenvalue weighted by Gasteiger charge is 2.20. The van der Waals surface area contributed by atoms with Crippen molar-refractivity contribution in [2.75, 3.05) is 12.4 Å². The van der Waals surface area contributed by atoms with Crippen molar-refractivity contribution in [3.8, 4) is 0 Å². The number of hydrogen-bond acceptors (Lipinski definition) is 5. The molecule has 0 aliphatic rings. The average molecular weight is 370 g/mol. The maximum atomic E-state index is 13.8. The van der Waals surface area contributed by atoms with Gasteiger partial charge in [0.15, 0.2) is 17.5 Å². The van der Waals surface area contributed by atoms with Crippen LogP contribution < -0.4 is 5.32 Å². The highest BCUT2D eigenvalue weighted by molar-refractivity contribution is 5.72. The van der Waals surface area contributed by atoms with Gasteiger partial charge in [-0.05, 0) is 24.6 Å². The van der Waals surface area contributed by atoms with E-state index >= 15 is 0 Å². The molecule has 3 heterocycles. The number of rotatable bonds is 5. The van der Waals surface area contributed by atoms with Crippen molar-refractivity contribution < 1.29 is 13.5 Å². The third kappa shape index (κ3) is 3.36. The number of H-pyrrole nitrogens is 1. The Morgan fingerprint density at radius 2 is 1.93 bits per heavy atom. The van der Waals surface area contributed by atoms with Gasteiger partial charge in [0.25, 0.3) is 0 Å². The molecule has 0 saturated carbocycles. The predicted molar refractivity (Wildman–Crippen MR) is 94.8 cm³/mol. The molecule has 1 atom stereocenters. The molecule has 1 aromatic carbocycles. The van der Waals surface area contributed by atoms with E-state index < -0.39 is 11.9 Å². The molecule has 0 fully saturated rings. The van der Waals surface area contributed by atoms with Crippen molar-refractivity contribution >= 4 is 17.2 Å². The number of benzene rings is 1. The molecular weight excluding hydrogens is 354 g/mol. The van der Waals surface area contributed by atoms with Gasteiger partial charge in [-0.15, -0.1) is 5.10 Å². The van der Waals surface area contributed by atoms with Gasteiger partial charge in [0.2, 0.25) is 0 Å². The number of aryl methyl sites for hydroxylation is 1. The fraction of sp³-hybridized carbons (Fsp3) is 0.167. The standard InChI is InChI=1S/C18H16F2N6O/c1-10-7-15(24-23-10)21-17-14-8-13(20)9-26(14)25-18(22-17)16(27-2)11-3-5-12(19)6-4-11/h3-9,16H,1-2H3,(H2,21,22,23,24,25). The van der Waals surface area contributed by atoms with E-state index in [1.165, 1.54) is 36.0 Å². The van der Waals surface area contributed by atoms with Gasteiger partial charge in [0.05, 0.1) is 6.20 Å². The molecule has 3 aromatic heterocycles. The molecule has 9 heteroatoms. The lowest BCUT2D eigenvalue weighted by molar-refractivity contribution is 0.128. The number of methoxy groups -OCH3 is 1. The Hall–Kier alpha value is -3.33. The fourth-order valence-electron chi connectivity index (χ4n) is 2.82. The average Bonchev–Trinajstić information content (AvgIpc) is 3.22. The van der Waals surface area contributed by atoms with E-state index in [-0.39, 0.29) is 5.82 Å². The summed E-state index contributed by atoms with van der Waals surface area (Å²) in [6.45, 7) is 1.87. The van der Waals surface area contributed by atoms with Crippen LogP contribution in [0.4, 0.5) is 20.4 Å². The van der Waals surface area contributed by atoms with Crippen LogP contribution in [-0.2, 0) is 4.74 Å². The number of fused-ring (bicyclic) bond motifs is 1. The fourth-order valence-corrected chi connectivity index (χ4v) is 2.82. The Labute approximate surface area is 153 Å². The maximum absolute atomic E-state index is 13.8. The summed E-state index contributed by atoms with van der Waals surface area (Å²) in [6.07, 6.45) is 0.598. The number of halogens is 2. The summed E-state index contributed by atoms with van der Waals surface area (Å²) in [7, 11) is 1.50. The smallest absolute Gasteiger partial charge is 0.184 e. The molecule has 27 heavy (non-hydrogen) atoms. The zero-order chi connectivity index (χ0) is 19.0. The molecule has 1 unspecified atom stereocenters. The first-order chi connectivity index (χ1) is 13.0. The lowest BCUT2D eigenvalue weighted by Gasteiger charge is -2.16. The summed E-state index contributed by atoms with van der Waals surface area (Å²) in [5, 5.41) is 14.4. The van der Waals surface area contributed by atoms with Gasteiger partial charge >= 0.3 is 0 Å². The second-order valence-electron chi connectivity index (χ2n) is 6.04. The molecule has 0 aliphatic carbocycles. The second kappa shape index (κ2) is 6.76. The summed E-state index contributed by atoms with van der Waals surface area (Å²) in [5.74, 6) is 0.408. The lowest BCUT2D eigenvalue weighted by Crippen LogP contribution is -2.13. The monoisotopic (exact) mass is 370 g/mol. The Morgan fingerprint density at radius 3 is 2.59 bits per heavy atom. The predicted octanol–water partition coefficient (Wildman–Crippen LogP) is 3.52. The number of ether oxygens (including phenoxy) is 1. The minimum atomic E-state index is -0.651. The number of anilines is 2. The molecule has 7 nitrogen and oxygen atoms in total. The van der Waals surface area contributed by atoms with Crippen LogP contribution in [0.15, 0.2) is 42.6 Å². The van der Waals surface area contributed by atoms with Gasteiger partial charge in [-0.3, -0.25) is 5.10 Å². The number of nitrogens with zero attached hydrogens (tertiary/aromatic N) is 4. The minimum absolute atomic E-state index is 0.293. The van der Waals surface area contributed by atoms with E-state index in [2.05, 4.69) is 25.6 Å². The molecule has 4 rings (SSSR count). The first-order valence-electron chi connectivity index (χ1n) is 8.16. The van der Waals surface area contributed by atoms with Gasteiger partial charge in [-0.25, -0.2) is 18.3 Å². The normalized spacial score (nSPS) is 12.4. The summed E-state index contributed by atoms with van der Waals surface area (Å²) < 4.78 is 34.0. The molecule has 0 amide bonds. The largest absolute Gasteiger partial charge is 0.369 e. The van der Waals surface area contributed by atoms with Crippen LogP contribution >= 0.6 is 0 Å².